The van der Waals surface area contributed by atoms with Gasteiger partial charge in [-0.25, -0.2) is 0 Å². The maximum atomic E-state index is 13.6. The van der Waals surface area contributed by atoms with Crippen LogP contribution in [0.25, 0.3) is 0 Å². The molecule has 0 spiro atoms. The monoisotopic (exact) mass is 873 g/mol. The zero-order valence-electron chi connectivity index (χ0n) is 36.7. The summed E-state index contributed by atoms with van der Waals surface area (Å²) in [5, 5.41) is 32.1. The van der Waals surface area contributed by atoms with Crippen molar-refractivity contribution in [3.05, 3.63) is 71.1 Å². The minimum atomic E-state index is -1.29. The minimum absolute atomic E-state index is 0.00339. The standard InChI is InChI=1S/C49H63NO13/c1-6-15-40(48(4)59-25-26-60-48)46(55)57-31-35-30-50-33(3)45(39(35)32-58-47(56)41(16-7-2)49(5)61-27-28-62-49)63-44(54)20-14-9-8-13-19-37-38(43(53)29-42(37)52)24-23-36(51)22-21-34-17-11-10-12-18-34/h1-2,8,10-13,17-18,30,36-38,40-43,51-53H,9,14-16,19-29,31-32H2,3-5H3/b13-8-/t36-,37+,38+,40?,41?,42-,43+/m0/s1. The first-order chi connectivity index (χ1) is 30.3. The van der Waals surface area contributed by atoms with Gasteiger partial charge in [0.05, 0.1) is 50.4 Å². The van der Waals surface area contributed by atoms with Gasteiger partial charge in [0.15, 0.2) is 17.3 Å². The second kappa shape index (κ2) is 23.9. The summed E-state index contributed by atoms with van der Waals surface area (Å²) < 4.78 is 40.3. The van der Waals surface area contributed by atoms with Gasteiger partial charge in [0.1, 0.15) is 25.0 Å². The van der Waals surface area contributed by atoms with Gasteiger partial charge in [-0.15, -0.1) is 24.7 Å². The van der Waals surface area contributed by atoms with Crippen LogP contribution in [0.15, 0.2) is 48.7 Å². The molecule has 63 heavy (non-hydrogen) atoms. The second-order valence-electron chi connectivity index (χ2n) is 16.8. The molecule has 2 aromatic rings. The van der Waals surface area contributed by atoms with Crippen LogP contribution in [0.2, 0.25) is 0 Å². The van der Waals surface area contributed by atoms with Crippen molar-refractivity contribution in [3.8, 4) is 30.4 Å². The van der Waals surface area contributed by atoms with Gasteiger partial charge in [-0.05, 0) is 89.5 Å². The van der Waals surface area contributed by atoms with Crippen molar-refractivity contribution in [2.24, 2.45) is 23.7 Å². The lowest BCUT2D eigenvalue weighted by molar-refractivity contribution is -0.201. The molecule has 1 saturated carbocycles. The molecule has 3 heterocycles. The number of aryl methyl sites for hydroxylation is 2. The normalized spacial score (nSPS) is 22.8. The minimum Gasteiger partial charge on any atom is -0.460 e. The molecule has 1 aliphatic carbocycles. The van der Waals surface area contributed by atoms with Crippen LogP contribution in [0.3, 0.4) is 0 Å². The summed E-state index contributed by atoms with van der Waals surface area (Å²) in [7, 11) is 0. The van der Waals surface area contributed by atoms with E-state index in [1.54, 1.807) is 20.8 Å². The number of pyridine rings is 1. The summed E-state index contributed by atoms with van der Waals surface area (Å²) in [5.74, 6) is -1.62. The fourth-order valence-corrected chi connectivity index (χ4v) is 8.56. The molecule has 2 saturated heterocycles. The highest BCUT2D eigenvalue weighted by atomic mass is 16.7. The second-order valence-corrected chi connectivity index (χ2v) is 16.8. The number of rotatable bonds is 23. The van der Waals surface area contributed by atoms with E-state index in [1.165, 1.54) is 11.8 Å². The van der Waals surface area contributed by atoms with E-state index in [0.29, 0.717) is 69.4 Å². The van der Waals surface area contributed by atoms with Crippen LogP contribution in [0.4, 0.5) is 0 Å². The van der Waals surface area contributed by atoms with Crippen LogP contribution in [0, 0.1) is 55.3 Å². The van der Waals surface area contributed by atoms with Gasteiger partial charge in [-0.2, -0.15) is 0 Å². The topological polar surface area (TPSA) is 189 Å². The number of terminal acetylenes is 2. The molecule has 1 aromatic heterocycles. The van der Waals surface area contributed by atoms with Crippen LogP contribution < -0.4 is 4.74 Å². The van der Waals surface area contributed by atoms with Crippen molar-refractivity contribution in [2.75, 3.05) is 26.4 Å². The number of carbonyl (C=O) groups is 3. The molecule has 2 aliphatic heterocycles. The Morgan fingerprint density at radius 3 is 2.06 bits per heavy atom. The number of ether oxygens (including phenoxy) is 7. The van der Waals surface area contributed by atoms with Crippen molar-refractivity contribution in [1.82, 2.24) is 4.98 Å². The van der Waals surface area contributed by atoms with E-state index in [1.807, 2.05) is 42.5 Å². The van der Waals surface area contributed by atoms with Crippen molar-refractivity contribution in [1.29, 1.82) is 0 Å². The maximum Gasteiger partial charge on any atom is 0.315 e. The molecule has 3 fully saturated rings. The van der Waals surface area contributed by atoms with Crippen LogP contribution in [0.5, 0.6) is 5.75 Å². The zero-order chi connectivity index (χ0) is 45.4. The summed E-state index contributed by atoms with van der Waals surface area (Å²) in [6.07, 6.45) is 19.2. The third-order valence-corrected chi connectivity index (χ3v) is 12.3. The molecule has 7 atom stereocenters. The lowest BCUT2D eigenvalue weighted by Gasteiger charge is -2.30. The molecule has 0 bridgehead atoms. The summed E-state index contributed by atoms with van der Waals surface area (Å²) in [6.45, 7) is 5.34. The highest BCUT2D eigenvalue weighted by Gasteiger charge is 2.46. The highest BCUT2D eigenvalue weighted by molar-refractivity contribution is 5.76. The predicted octanol–water partition coefficient (Wildman–Crippen LogP) is 5.44. The van der Waals surface area contributed by atoms with Crippen LogP contribution in [-0.2, 0) is 62.4 Å². The molecule has 1 aromatic carbocycles. The van der Waals surface area contributed by atoms with Crippen LogP contribution in [-0.4, -0.2) is 94.5 Å². The number of unbranched alkanes of at least 4 members (excludes halogenated alkanes) is 1. The van der Waals surface area contributed by atoms with E-state index < -0.39 is 59.6 Å². The average Bonchev–Trinajstić information content (AvgIpc) is 3.99. The van der Waals surface area contributed by atoms with Crippen LogP contribution >= 0.6 is 0 Å². The van der Waals surface area contributed by atoms with Crippen LogP contribution in [0.1, 0.15) is 100 Å². The molecule has 2 unspecified atom stereocenters. The van der Waals surface area contributed by atoms with E-state index >= 15 is 0 Å². The van der Waals surface area contributed by atoms with Gasteiger partial charge in [-0.3, -0.25) is 19.4 Å². The lowest BCUT2D eigenvalue weighted by atomic mass is 9.85. The third-order valence-electron chi connectivity index (χ3n) is 12.3. The van der Waals surface area contributed by atoms with Gasteiger partial charge in [-0.1, -0.05) is 42.5 Å². The van der Waals surface area contributed by atoms with Crippen molar-refractivity contribution in [3.63, 3.8) is 0 Å². The Hall–Kier alpha value is -4.64. The third kappa shape index (κ3) is 13.7. The summed E-state index contributed by atoms with van der Waals surface area (Å²) in [4.78, 5) is 44.7. The van der Waals surface area contributed by atoms with E-state index in [9.17, 15) is 29.7 Å². The number of aliphatic hydroxyl groups is 3. The Morgan fingerprint density at radius 2 is 1.46 bits per heavy atom. The van der Waals surface area contributed by atoms with Gasteiger partial charge >= 0.3 is 17.9 Å². The number of allylic oxidation sites excluding steroid dienone is 2. The molecule has 3 N–H and O–H groups in total. The Bertz CT molecular complexity index is 1920. The first kappa shape index (κ1) is 49.4. The molecule has 0 amide bonds. The molecular weight excluding hydrogens is 811 g/mol. The van der Waals surface area contributed by atoms with Gasteiger partial charge < -0.3 is 48.5 Å². The highest BCUT2D eigenvalue weighted by Crippen LogP contribution is 2.39. The Kier molecular flexibility index (Phi) is 18.7. The van der Waals surface area contributed by atoms with Crippen molar-refractivity contribution in [2.45, 2.75) is 135 Å². The predicted molar refractivity (Wildman–Crippen MR) is 230 cm³/mol. The van der Waals surface area contributed by atoms with E-state index in [-0.39, 0.29) is 68.8 Å². The first-order valence-electron chi connectivity index (χ1n) is 22.0. The zero-order valence-corrected chi connectivity index (χ0v) is 36.7. The van der Waals surface area contributed by atoms with Crippen molar-refractivity contribution < 1.29 is 62.9 Å². The van der Waals surface area contributed by atoms with E-state index in [4.69, 9.17) is 46.0 Å². The first-order valence-corrected chi connectivity index (χ1v) is 22.0. The summed E-state index contributed by atoms with van der Waals surface area (Å²) >= 11 is 0. The van der Waals surface area contributed by atoms with Crippen molar-refractivity contribution >= 4 is 17.9 Å². The summed E-state index contributed by atoms with van der Waals surface area (Å²) in [6, 6.07) is 10.0. The fraction of sp³-hybridized carbons (Fsp3) is 0.592. The number of hydrogen-bond acceptors (Lipinski definition) is 14. The van der Waals surface area contributed by atoms with E-state index in [0.717, 1.165) is 6.42 Å². The van der Waals surface area contributed by atoms with E-state index in [2.05, 4.69) is 16.8 Å². The smallest absolute Gasteiger partial charge is 0.315 e. The van der Waals surface area contributed by atoms with Gasteiger partial charge in [0.25, 0.3) is 0 Å². The largest absolute Gasteiger partial charge is 0.460 e. The molecule has 14 nitrogen and oxygen atoms in total. The number of nitrogens with zero attached hydrogens (tertiary/aromatic N) is 1. The van der Waals surface area contributed by atoms with Gasteiger partial charge in [0, 0.05) is 36.6 Å². The molecule has 342 valence electrons. The number of aromatic nitrogens is 1. The average molecular weight is 874 g/mol. The maximum absolute atomic E-state index is 13.6. The lowest BCUT2D eigenvalue weighted by Crippen LogP contribution is -2.41. The Balaban J connectivity index is 1.19. The Morgan fingerprint density at radius 1 is 0.873 bits per heavy atom. The number of hydrogen-bond donors (Lipinski definition) is 3. The number of aliphatic hydroxyl groups excluding tert-OH is 3. The SMILES string of the molecule is C#CCC(C(=O)OCc1cnc(C)c(OC(=O)CCC/C=C\C[C@@H]2[C@@H](CC[C@@H](O)CCc3ccccc3)[C@H](O)C[C@@H]2O)c1COC(=O)C(CC#C)C1(C)OCCO1)C1(C)OCCO1. The quantitative estimate of drug-likeness (QED) is 0.0555. The molecule has 3 aliphatic rings. The Labute approximate surface area is 371 Å². The molecule has 14 heteroatoms. The number of carbonyl (C=O) groups excluding carboxylic acids is 3. The number of esters is 3. The summed E-state index contributed by atoms with van der Waals surface area (Å²) in [5.41, 5.74) is 2.08. The van der Waals surface area contributed by atoms with Gasteiger partial charge in [0.2, 0.25) is 0 Å². The fourth-order valence-electron chi connectivity index (χ4n) is 8.56. The molecule has 0 radical (unpaired) electrons. The molecular formula is C49H63NO13. The molecule has 5 rings (SSSR count). The number of benzene rings is 1.